The molecule has 1 heterocycles. The summed E-state index contributed by atoms with van der Waals surface area (Å²) in [5, 5.41) is 4.68. The second kappa shape index (κ2) is 19.7. The second-order valence-electron chi connectivity index (χ2n) is 18.7. The smallest absolute Gasteiger partial charge is 0.412 e. The highest BCUT2D eigenvalue weighted by Crippen LogP contribution is 2.39. The molecule has 0 bridgehead atoms. The van der Waals surface area contributed by atoms with Crippen molar-refractivity contribution in [3.63, 3.8) is 0 Å². The lowest BCUT2D eigenvalue weighted by Gasteiger charge is -2.44. The first-order valence-electron chi connectivity index (χ1n) is 21.3. The van der Waals surface area contributed by atoms with E-state index in [-0.39, 0.29) is 55.4 Å². The Balaban J connectivity index is 1.49. The Morgan fingerprint density at radius 3 is 1.84 bits per heavy atom. The quantitative estimate of drug-likeness (QED) is 0.103. The minimum atomic E-state index is -4.31. The number of hydrogen-bond donors (Lipinski definition) is 1. The highest BCUT2D eigenvalue weighted by atomic mass is 32.2. The molecule has 334 valence electrons. The monoisotopic (exact) mass is 884 g/mol. The topological polar surface area (TPSA) is 138 Å². The van der Waals surface area contributed by atoms with E-state index in [9.17, 15) is 22.8 Å². The predicted molar refractivity (Wildman–Crippen MR) is 245 cm³/mol. The maximum Gasteiger partial charge on any atom is 0.412 e. The fourth-order valence-corrected chi connectivity index (χ4v) is 14.6. The molecule has 3 atom stereocenters. The van der Waals surface area contributed by atoms with E-state index in [4.69, 9.17) is 18.6 Å². The number of ketones is 1. The third-order valence-electron chi connectivity index (χ3n) is 11.5. The average Bonchev–Trinajstić information content (AvgIpc) is 3.54. The van der Waals surface area contributed by atoms with Crippen LogP contribution in [0.4, 0.5) is 9.59 Å². The van der Waals surface area contributed by atoms with Crippen LogP contribution < -0.4 is 15.7 Å². The summed E-state index contributed by atoms with van der Waals surface area (Å²) >= 11 is 0. The maximum atomic E-state index is 14.8. The van der Waals surface area contributed by atoms with Gasteiger partial charge in [0.2, 0.25) is 0 Å². The zero-order chi connectivity index (χ0) is 45.4. The van der Waals surface area contributed by atoms with Gasteiger partial charge in [-0.05, 0) is 93.9 Å². The lowest BCUT2D eigenvalue weighted by molar-refractivity contribution is -0.121. The molecule has 0 saturated carbocycles. The summed E-state index contributed by atoms with van der Waals surface area (Å²) in [4.78, 5) is 43.3. The largest absolute Gasteiger partial charge is 0.445 e. The Bertz CT molecular complexity index is 2170. The average molecular weight is 885 g/mol. The molecule has 1 unspecified atom stereocenters. The van der Waals surface area contributed by atoms with Gasteiger partial charge >= 0.3 is 12.2 Å². The third-order valence-corrected chi connectivity index (χ3v) is 19.0. The summed E-state index contributed by atoms with van der Waals surface area (Å²) < 4.78 is 52.2. The number of nitrogens with zero attached hydrogens (tertiary/aromatic N) is 1. The van der Waals surface area contributed by atoms with Gasteiger partial charge in [-0.15, -0.1) is 0 Å². The Morgan fingerprint density at radius 2 is 1.32 bits per heavy atom. The van der Waals surface area contributed by atoms with Gasteiger partial charge in [-0.25, -0.2) is 18.0 Å². The van der Waals surface area contributed by atoms with E-state index in [1.165, 1.54) is 24.0 Å². The minimum absolute atomic E-state index is 0.00270. The van der Waals surface area contributed by atoms with Gasteiger partial charge in [0.15, 0.2) is 15.6 Å². The number of carbonyl (C=O) groups is 3. The highest BCUT2D eigenvalue weighted by Gasteiger charge is 2.52. The minimum Gasteiger partial charge on any atom is -0.445 e. The number of carbonyl (C=O) groups excluding carboxylic acids is 3. The van der Waals surface area contributed by atoms with Crippen molar-refractivity contribution in [2.75, 3.05) is 13.2 Å². The number of amides is 2. The van der Waals surface area contributed by atoms with Gasteiger partial charge in [-0.1, -0.05) is 130 Å². The van der Waals surface area contributed by atoms with Crippen molar-refractivity contribution in [2.45, 2.75) is 133 Å². The number of alkyl carbamates (subject to hydrolysis) is 1. The number of rotatable bonds is 17. The van der Waals surface area contributed by atoms with Crippen molar-refractivity contribution in [1.29, 1.82) is 0 Å². The molecule has 0 aromatic heterocycles. The number of Topliss-reactive ketones (excluding diaryl/α,β-unsaturated/α-hetero) is 1. The van der Waals surface area contributed by atoms with Crippen molar-refractivity contribution < 1.29 is 41.4 Å². The molecular weight excluding hydrogens is 821 g/mol. The van der Waals surface area contributed by atoms with Crippen molar-refractivity contribution in [3.05, 3.63) is 127 Å². The van der Waals surface area contributed by atoms with Crippen molar-refractivity contribution in [3.8, 4) is 0 Å². The standard InChI is InChI=1S/C49H64N2O9SSi/c1-46(2,3)60-45(54)51-39(36-58-48(51,7)8)30-31-43(52)49(9,61(55,56)40-24-16-11-17-25-40)33-32-38(50-44(53)57-34-37-22-14-10-15-23-37)35-59-62(47(4,5)6,41-26-18-12-19-27-41)42-28-20-13-21-29-42/h10-29,38-39H,30-36H2,1-9H3,(H,50,53)/t38-,39-,49?/m0/s1. The third kappa shape index (κ3) is 11.2. The van der Waals surface area contributed by atoms with Crippen LogP contribution in [0.15, 0.2) is 126 Å². The molecule has 5 rings (SSSR count). The van der Waals surface area contributed by atoms with Crippen LogP contribution >= 0.6 is 0 Å². The molecule has 1 aliphatic heterocycles. The number of hydrogen-bond acceptors (Lipinski definition) is 9. The number of sulfone groups is 1. The van der Waals surface area contributed by atoms with Crippen molar-refractivity contribution in [1.82, 2.24) is 10.2 Å². The molecule has 1 saturated heterocycles. The molecule has 1 N–H and O–H groups in total. The molecule has 1 fully saturated rings. The molecule has 13 heteroatoms. The van der Waals surface area contributed by atoms with E-state index in [1.54, 1.807) is 52.8 Å². The Labute approximate surface area is 369 Å². The highest BCUT2D eigenvalue weighted by molar-refractivity contribution is 7.93. The Morgan fingerprint density at radius 1 is 0.806 bits per heavy atom. The summed E-state index contributed by atoms with van der Waals surface area (Å²) in [6, 6.07) is 36.1. The van der Waals surface area contributed by atoms with E-state index >= 15 is 0 Å². The van der Waals surface area contributed by atoms with E-state index in [2.05, 4.69) is 50.4 Å². The molecule has 62 heavy (non-hydrogen) atoms. The van der Waals surface area contributed by atoms with E-state index < -0.39 is 64.3 Å². The zero-order valence-electron chi connectivity index (χ0n) is 37.7. The van der Waals surface area contributed by atoms with E-state index in [1.807, 2.05) is 66.7 Å². The normalized spacial score (nSPS) is 17.1. The predicted octanol–water partition coefficient (Wildman–Crippen LogP) is 8.59. The Hall–Kier alpha value is -4.82. The first-order valence-corrected chi connectivity index (χ1v) is 24.7. The fraction of sp³-hybridized carbons (Fsp3) is 0.449. The van der Waals surface area contributed by atoms with Gasteiger partial charge in [-0.3, -0.25) is 9.69 Å². The fourth-order valence-electron chi connectivity index (χ4n) is 8.19. The molecule has 2 amide bonds. The van der Waals surface area contributed by atoms with Gasteiger partial charge in [0.25, 0.3) is 8.32 Å². The maximum absolute atomic E-state index is 14.8. The van der Waals surface area contributed by atoms with E-state index in [0.717, 1.165) is 15.9 Å². The van der Waals surface area contributed by atoms with Crippen LogP contribution in [0.25, 0.3) is 0 Å². The lowest BCUT2D eigenvalue weighted by Crippen LogP contribution is -2.67. The summed E-state index contributed by atoms with van der Waals surface area (Å²) in [6.45, 7) is 16.9. The molecular formula is C49H64N2O9SSi. The molecule has 0 aliphatic carbocycles. The van der Waals surface area contributed by atoms with Crippen LogP contribution in [0.5, 0.6) is 0 Å². The van der Waals surface area contributed by atoms with Crippen LogP contribution in [0, 0.1) is 0 Å². The molecule has 4 aromatic carbocycles. The molecule has 0 radical (unpaired) electrons. The summed E-state index contributed by atoms with van der Waals surface area (Å²) in [5.41, 5.74) is -0.969. The van der Waals surface area contributed by atoms with Gasteiger partial charge in [0.05, 0.1) is 30.2 Å². The first kappa shape index (κ1) is 48.2. The molecule has 1 aliphatic rings. The van der Waals surface area contributed by atoms with Crippen molar-refractivity contribution in [2.24, 2.45) is 0 Å². The summed E-state index contributed by atoms with van der Waals surface area (Å²) in [5.74, 6) is -0.520. The SMILES string of the molecule is CC(C)(C)OC(=O)N1[C@@H](CCC(=O)C(C)(CC[C@@H](CO[Si](c2ccccc2)(c2ccccc2)C(C)(C)C)NC(=O)OCc2ccccc2)S(=O)(=O)c2ccccc2)COC1(C)C. The van der Waals surface area contributed by atoms with Crippen LogP contribution in [-0.4, -0.2) is 81.0 Å². The number of benzene rings is 4. The van der Waals surface area contributed by atoms with Gasteiger partial charge in [0.1, 0.15) is 22.7 Å². The van der Waals surface area contributed by atoms with Gasteiger partial charge < -0.3 is 24.0 Å². The molecule has 11 nitrogen and oxygen atoms in total. The first-order chi connectivity index (χ1) is 29.1. The summed E-state index contributed by atoms with van der Waals surface area (Å²) in [6.07, 6.45) is -1.40. The molecule has 0 spiro atoms. The zero-order valence-corrected chi connectivity index (χ0v) is 39.5. The molecule has 4 aromatic rings. The second-order valence-corrected chi connectivity index (χ2v) is 25.4. The van der Waals surface area contributed by atoms with Crippen LogP contribution in [-0.2, 0) is 39.9 Å². The van der Waals surface area contributed by atoms with Gasteiger partial charge in [-0.2, -0.15) is 0 Å². The van der Waals surface area contributed by atoms with E-state index in [0.29, 0.717) is 0 Å². The van der Waals surface area contributed by atoms with Gasteiger partial charge in [0, 0.05) is 6.42 Å². The van der Waals surface area contributed by atoms with Crippen molar-refractivity contribution >= 4 is 46.5 Å². The number of nitrogens with one attached hydrogen (secondary N) is 1. The number of ether oxygens (including phenoxy) is 3. The summed E-state index contributed by atoms with van der Waals surface area (Å²) in [7, 11) is -7.43. The Kier molecular flexibility index (Phi) is 15.3. The van der Waals surface area contributed by atoms with Crippen LogP contribution in [0.2, 0.25) is 5.04 Å². The van der Waals surface area contributed by atoms with Crippen LogP contribution in [0.1, 0.15) is 93.6 Å². The lowest BCUT2D eigenvalue weighted by atomic mass is 9.92. The van der Waals surface area contributed by atoms with Crippen LogP contribution in [0.3, 0.4) is 0 Å².